The summed E-state index contributed by atoms with van der Waals surface area (Å²) in [6.45, 7) is 8.46. The maximum absolute atomic E-state index is 8.56. The van der Waals surface area contributed by atoms with Crippen molar-refractivity contribution in [2.75, 3.05) is 13.1 Å². The molecule has 0 saturated carbocycles. The van der Waals surface area contributed by atoms with Crippen LogP contribution in [0.15, 0.2) is 24.3 Å². The minimum absolute atomic E-state index is 0.875. The maximum atomic E-state index is 8.56. The number of benzene rings is 1. The Morgan fingerprint density at radius 1 is 1.12 bits per heavy atom. The van der Waals surface area contributed by atoms with Crippen molar-refractivity contribution >= 4 is 6.72 Å². The number of hydrogen-bond donors (Lipinski definition) is 2. The van der Waals surface area contributed by atoms with Crippen LogP contribution in [0.5, 0.6) is 0 Å². The van der Waals surface area contributed by atoms with Crippen LogP contribution in [-0.2, 0) is 0 Å². The predicted molar refractivity (Wildman–Crippen MR) is 68.4 cm³/mol. The monoisotopic (exact) mass is 222 g/mol. The van der Waals surface area contributed by atoms with Crippen molar-refractivity contribution in [1.29, 1.82) is 5.41 Å². The smallest absolute Gasteiger partial charge is 0.0238 e. The van der Waals surface area contributed by atoms with Gasteiger partial charge in [0.25, 0.3) is 0 Å². The zero-order valence-corrected chi connectivity index (χ0v) is 10.2. The molecule has 0 atom stereocenters. The second kappa shape index (κ2) is 9.07. The molecule has 0 radical (unpaired) electrons. The first-order chi connectivity index (χ1) is 7.68. The van der Waals surface area contributed by atoms with Gasteiger partial charge in [0.1, 0.15) is 0 Å². The van der Waals surface area contributed by atoms with Gasteiger partial charge < -0.3 is 10.6 Å². The van der Waals surface area contributed by atoms with Crippen LogP contribution in [0, 0.1) is 19.3 Å². The minimum atomic E-state index is 0.875. The molecule has 2 rings (SSSR count). The highest BCUT2D eigenvalue weighted by Gasteiger charge is 2.05. The Bertz CT molecular complexity index is 266. The molecule has 3 heteroatoms. The summed E-state index contributed by atoms with van der Waals surface area (Å²) >= 11 is 0. The van der Waals surface area contributed by atoms with Crippen LogP contribution in [0.1, 0.15) is 24.0 Å². The molecule has 0 bridgehead atoms. The molecule has 0 aliphatic carbocycles. The molecule has 16 heavy (non-hydrogen) atoms. The molecule has 3 nitrogen and oxygen atoms in total. The Balaban J connectivity index is 0.000000251. The van der Waals surface area contributed by atoms with Gasteiger partial charge in [-0.1, -0.05) is 35.4 Å². The fourth-order valence-electron chi connectivity index (χ4n) is 1.51. The maximum Gasteiger partial charge on any atom is 0.0238 e. The fourth-order valence-corrected chi connectivity index (χ4v) is 1.51. The van der Waals surface area contributed by atoms with Crippen molar-refractivity contribution in [3.63, 3.8) is 0 Å². The molecule has 90 valence electrons. The fraction of sp³-hybridized carbons (Fsp3) is 0.462. The molecular weight excluding hydrogens is 200 g/mol. The zero-order chi connectivity index (χ0) is 12.4. The summed E-state index contributed by atoms with van der Waals surface area (Å²) in [6, 6.07) is 8.45. The van der Waals surface area contributed by atoms with E-state index in [1.54, 1.807) is 0 Å². The van der Waals surface area contributed by atoms with E-state index in [2.05, 4.69) is 44.8 Å². The Labute approximate surface area is 98.2 Å². The van der Waals surface area contributed by atoms with Crippen molar-refractivity contribution in [3.05, 3.63) is 35.4 Å². The molecule has 1 aliphatic heterocycles. The zero-order valence-electron chi connectivity index (χ0n) is 10.2. The number of nitrogens with zero attached hydrogens (tertiary/aromatic N) is 1. The summed E-state index contributed by atoms with van der Waals surface area (Å²) in [4.78, 5) is 0. The summed E-state index contributed by atoms with van der Waals surface area (Å²) in [5, 5.41) is 15.4. The van der Waals surface area contributed by atoms with E-state index >= 15 is 0 Å². The van der Waals surface area contributed by atoms with E-state index in [9.17, 15) is 0 Å². The Kier molecular flexibility index (Phi) is 8.39. The van der Waals surface area contributed by atoms with Gasteiger partial charge in [0.05, 0.1) is 0 Å². The van der Waals surface area contributed by atoms with E-state index in [4.69, 9.17) is 10.6 Å². The highest BCUT2D eigenvalue weighted by Crippen LogP contribution is 2.01. The molecule has 0 spiro atoms. The first kappa shape index (κ1) is 14.8. The highest BCUT2D eigenvalue weighted by molar-refractivity contribution is 5.20. The third-order valence-electron chi connectivity index (χ3n) is 2.26. The van der Waals surface area contributed by atoms with Crippen LogP contribution >= 0.6 is 0 Å². The summed E-state index contributed by atoms with van der Waals surface area (Å²) in [7, 11) is 0. The predicted octanol–water partition coefficient (Wildman–Crippen LogP) is 3.04. The summed E-state index contributed by atoms with van der Waals surface area (Å²) in [5.41, 5.74) is 2.68. The van der Waals surface area contributed by atoms with E-state index in [-0.39, 0.29) is 0 Å². The van der Waals surface area contributed by atoms with E-state index in [1.807, 2.05) is 0 Å². The van der Waals surface area contributed by atoms with Gasteiger partial charge in [-0.2, -0.15) is 5.06 Å². The van der Waals surface area contributed by atoms with Gasteiger partial charge in [0.15, 0.2) is 0 Å². The van der Waals surface area contributed by atoms with Crippen LogP contribution < -0.4 is 0 Å². The summed E-state index contributed by atoms with van der Waals surface area (Å²) in [5.74, 6) is 0. The molecule has 1 aromatic rings. The van der Waals surface area contributed by atoms with Crippen molar-refractivity contribution in [2.24, 2.45) is 0 Å². The molecule has 0 aromatic heterocycles. The Hall–Kier alpha value is -1.19. The SMILES string of the molecule is C=N.Cc1cccc(C)c1.ON1CCCC1. The van der Waals surface area contributed by atoms with Gasteiger partial charge in [-0.25, -0.2) is 0 Å². The van der Waals surface area contributed by atoms with Crippen molar-refractivity contribution < 1.29 is 5.21 Å². The van der Waals surface area contributed by atoms with Gasteiger partial charge >= 0.3 is 0 Å². The van der Waals surface area contributed by atoms with Crippen molar-refractivity contribution in [3.8, 4) is 0 Å². The lowest BCUT2D eigenvalue weighted by molar-refractivity contribution is -0.0678. The van der Waals surface area contributed by atoms with Crippen LogP contribution in [0.25, 0.3) is 0 Å². The second-order valence-electron chi connectivity index (χ2n) is 3.82. The number of nitrogens with one attached hydrogen (secondary N) is 1. The van der Waals surface area contributed by atoms with Crippen molar-refractivity contribution in [1.82, 2.24) is 5.06 Å². The third-order valence-corrected chi connectivity index (χ3v) is 2.26. The van der Waals surface area contributed by atoms with E-state index in [0.29, 0.717) is 0 Å². The number of rotatable bonds is 0. The quantitative estimate of drug-likeness (QED) is 0.663. The van der Waals surface area contributed by atoms with Gasteiger partial charge in [0, 0.05) is 13.1 Å². The van der Waals surface area contributed by atoms with Crippen LogP contribution in [0.3, 0.4) is 0 Å². The average molecular weight is 222 g/mol. The van der Waals surface area contributed by atoms with Gasteiger partial charge in [-0.05, 0) is 33.4 Å². The standard InChI is InChI=1S/C8H10.C4H9NO.CH3N/c1-7-4-3-5-8(2)6-7;6-5-3-1-2-4-5;1-2/h3-6H,1-2H3;6H,1-4H2;2H,1H2. The molecule has 1 saturated heterocycles. The summed E-state index contributed by atoms with van der Waals surface area (Å²) < 4.78 is 0. The average Bonchev–Trinajstić information content (AvgIpc) is 2.73. The molecular formula is C13H22N2O. The third kappa shape index (κ3) is 7.15. The number of hydrogen-bond acceptors (Lipinski definition) is 3. The number of aryl methyl sites for hydroxylation is 2. The van der Waals surface area contributed by atoms with E-state index < -0.39 is 0 Å². The van der Waals surface area contributed by atoms with Crippen LogP contribution in [-0.4, -0.2) is 30.1 Å². The van der Waals surface area contributed by atoms with Gasteiger partial charge in [-0.15, -0.1) is 0 Å². The molecule has 0 amide bonds. The largest absolute Gasteiger partial charge is 0.317 e. The van der Waals surface area contributed by atoms with Crippen LogP contribution in [0.4, 0.5) is 0 Å². The highest BCUT2D eigenvalue weighted by atomic mass is 16.5. The minimum Gasteiger partial charge on any atom is -0.317 e. The molecule has 2 N–H and O–H groups in total. The Morgan fingerprint density at radius 3 is 1.75 bits per heavy atom. The van der Waals surface area contributed by atoms with Gasteiger partial charge in [0.2, 0.25) is 0 Å². The Morgan fingerprint density at radius 2 is 1.56 bits per heavy atom. The number of hydroxylamine groups is 2. The molecule has 0 unspecified atom stereocenters. The molecule has 1 aromatic carbocycles. The first-order valence-corrected chi connectivity index (χ1v) is 5.51. The van der Waals surface area contributed by atoms with E-state index in [1.165, 1.54) is 16.2 Å². The molecule has 1 fully saturated rings. The summed E-state index contributed by atoms with van der Waals surface area (Å²) in [6.07, 6.45) is 2.33. The van der Waals surface area contributed by atoms with E-state index in [0.717, 1.165) is 25.9 Å². The lowest BCUT2D eigenvalue weighted by Gasteiger charge is -1.99. The molecule has 1 aliphatic rings. The first-order valence-electron chi connectivity index (χ1n) is 5.51. The second-order valence-corrected chi connectivity index (χ2v) is 3.82. The van der Waals surface area contributed by atoms with Gasteiger partial charge in [-0.3, -0.25) is 0 Å². The van der Waals surface area contributed by atoms with Crippen molar-refractivity contribution in [2.45, 2.75) is 26.7 Å². The molecule has 1 heterocycles. The lowest BCUT2D eigenvalue weighted by Crippen LogP contribution is -2.11. The lowest BCUT2D eigenvalue weighted by atomic mass is 10.2. The van der Waals surface area contributed by atoms with Crippen LogP contribution in [0.2, 0.25) is 0 Å². The normalized spacial score (nSPS) is 14.4. The topological polar surface area (TPSA) is 47.3 Å².